The van der Waals surface area contributed by atoms with Gasteiger partial charge in [0.15, 0.2) is 0 Å². The van der Waals surface area contributed by atoms with Crippen molar-refractivity contribution in [2.24, 2.45) is 0 Å². The van der Waals surface area contributed by atoms with Crippen molar-refractivity contribution in [2.75, 3.05) is 6.54 Å². The van der Waals surface area contributed by atoms with E-state index in [1.165, 1.54) is 12.1 Å². The van der Waals surface area contributed by atoms with Crippen molar-refractivity contribution in [3.8, 4) is 0 Å². The number of carbonyl (C=O) groups excluding carboxylic acids is 1. The fourth-order valence-electron chi connectivity index (χ4n) is 1.97. The Morgan fingerprint density at radius 1 is 1.32 bits per heavy atom. The highest BCUT2D eigenvalue weighted by molar-refractivity contribution is 7.89. The summed E-state index contributed by atoms with van der Waals surface area (Å²) in [5.41, 5.74) is 0.895. The van der Waals surface area contributed by atoms with E-state index in [2.05, 4.69) is 0 Å². The molecule has 1 fully saturated rings. The topological polar surface area (TPSA) is 91.8 Å². The molecule has 0 aliphatic carbocycles. The van der Waals surface area contributed by atoms with Crippen LogP contribution in [0.15, 0.2) is 29.2 Å². The Labute approximate surface area is 110 Å². The van der Waals surface area contributed by atoms with E-state index in [0.29, 0.717) is 0 Å². The van der Waals surface area contributed by atoms with Gasteiger partial charge in [-0.2, -0.15) is 4.31 Å². The molecule has 0 radical (unpaired) electrons. The van der Waals surface area contributed by atoms with Crippen molar-refractivity contribution in [3.63, 3.8) is 0 Å². The van der Waals surface area contributed by atoms with Crippen LogP contribution in [0.3, 0.4) is 0 Å². The molecule has 1 heterocycles. The van der Waals surface area contributed by atoms with Gasteiger partial charge in [-0.1, -0.05) is 17.7 Å². The average molecular weight is 283 g/mol. The van der Waals surface area contributed by atoms with E-state index in [9.17, 15) is 18.0 Å². The van der Waals surface area contributed by atoms with E-state index in [1.54, 1.807) is 12.1 Å². The van der Waals surface area contributed by atoms with E-state index in [0.717, 1.165) is 9.87 Å². The standard InChI is InChI=1S/C12H13NO5S/c1-8-2-4-10(5-3-8)19(17,18)13-7-9(14)6-11(13)12(15)16/h2-5,11H,6-7H2,1H3,(H,15,16). The number of hydrogen-bond acceptors (Lipinski definition) is 4. The van der Waals surface area contributed by atoms with E-state index < -0.39 is 22.0 Å². The van der Waals surface area contributed by atoms with Crippen LogP contribution in [0.25, 0.3) is 0 Å². The van der Waals surface area contributed by atoms with Crippen molar-refractivity contribution < 1.29 is 23.1 Å². The van der Waals surface area contributed by atoms with Gasteiger partial charge in [-0.3, -0.25) is 9.59 Å². The second-order valence-corrected chi connectivity index (χ2v) is 6.35. The Morgan fingerprint density at radius 3 is 2.42 bits per heavy atom. The Balaban J connectivity index is 2.41. The van der Waals surface area contributed by atoms with Gasteiger partial charge in [-0.05, 0) is 19.1 Å². The fraction of sp³-hybridized carbons (Fsp3) is 0.333. The third kappa shape index (κ3) is 2.52. The summed E-state index contributed by atoms with van der Waals surface area (Å²) in [6, 6.07) is 4.76. The first-order valence-corrected chi connectivity index (χ1v) is 7.09. The predicted molar refractivity (Wildman–Crippen MR) is 66.1 cm³/mol. The van der Waals surface area contributed by atoms with Gasteiger partial charge in [-0.15, -0.1) is 0 Å². The Bertz CT molecular complexity index is 620. The third-order valence-electron chi connectivity index (χ3n) is 3.01. The number of sulfonamides is 1. The number of carbonyl (C=O) groups is 2. The van der Waals surface area contributed by atoms with Gasteiger partial charge in [-0.25, -0.2) is 8.42 Å². The van der Waals surface area contributed by atoms with Gasteiger partial charge in [0.2, 0.25) is 10.0 Å². The van der Waals surface area contributed by atoms with Gasteiger partial charge < -0.3 is 5.11 Å². The summed E-state index contributed by atoms with van der Waals surface area (Å²) >= 11 is 0. The van der Waals surface area contributed by atoms with Gasteiger partial charge >= 0.3 is 5.97 Å². The summed E-state index contributed by atoms with van der Waals surface area (Å²) in [5, 5.41) is 9.00. The van der Waals surface area contributed by atoms with Crippen LogP contribution in [-0.2, 0) is 19.6 Å². The van der Waals surface area contributed by atoms with E-state index in [4.69, 9.17) is 5.11 Å². The van der Waals surface area contributed by atoms with E-state index >= 15 is 0 Å². The number of carboxylic acids is 1. The highest BCUT2D eigenvalue weighted by Gasteiger charge is 2.43. The van der Waals surface area contributed by atoms with E-state index in [-0.39, 0.29) is 23.6 Å². The van der Waals surface area contributed by atoms with Crippen LogP contribution in [0.5, 0.6) is 0 Å². The zero-order valence-electron chi connectivity index (χ0n) is 10.2. The normalized spacial score (nSPS) is 20.7. The molecule has 1 atom stereocenters. The van der Waals surface area contributed by atoms with Crippen molar-refractivity contribution in [2.45, 2.75) is 24.3 Å². The summed E-state index contributed by atoms with van der Waals surface area (Å²) in [6.07, 6.45) is -0.277. The van der Waals surface area contributed by atoms with Crippen molar-refractivity contribution in [1.29, 1.82) is 0 Å². The number of aliphatic carboxylic acids is 1. The number of hydrogen-bond donors (Lipinski definition) is 1. The first-order valence-electron chi connectivity index (χ1n) is 5.65. The molecule has 1 saturated heterocycles. The lowest BCUT2D eigenvalue weighted by molar-refractivity contribution is -0.141. The number of Topliss-reactive ketones (excluding diaryl/α,β-unsaturated/α-hetero) is 1. The van der Waals surface area contributed by atoms with Crippen LogP contribution in [0.2, 0.25) is 0 Å². The Kier molecular flexibility index (Phi) is 3.42. The van der Waals surface area contributed by atoms with Crippen molar-refractivity contribution in [3.05, 3.63) is 29.8 Å². The minimum absolute atomic E-state index is 0.000880. The molecule has 6 nitrogen and oxygen atoms in total. The molecular weight excluding hydrogens is 270 g/mol. The average Bonchev–Trinajstić information content (AvgIpc) is 2.73. The molecule has 0 amide bonds. The van der Waals surface area contributed by atoms with Crippen molar-refractivity contribution in [1.82, 2.24) is 4.31 Å². The number of carboxylic acid groups (broad SMARTS) is 1. The van der Waals surface area contributed by atoms with Crippen LogP contribution in [0, 0.1) is 6.92 Å². The Morgan fingerprint density at radius 2 is 1.89 bits per heavy atom. The highest BCUT2D eigenvalue weighted by Crippen LogP contribution is 2.24. The zero-order valence-corrected chi connectivity index (χ0v) is 11.1. The number of aryl methyl sites for hydroxylation is 1. The lowest BCUT2D eigenvalue weighted by Gasteiger charge is -2.20. The molecule has 102 valence electrons. The molecule has 1 N–H and O–H groups in total. The van der Waals surface area contributed by atoms with Crippen LogP contribution in [0.4, 0.5) is 0 Å². The first-order chi connectivity index (χ1) is 8.82. The minimum atomic E-state index is -3.95. The van der Waals surface area contributed by atoms with Gasteiger partial charge in [0.05, 0.1) is 11.4 Å². The third-order valence-corrected chi connectivity index (χ3v) is 4.88. The molecule has 1 aromatic rings. The van der Waals surface area contributed by atoms with Crippen molar-refractivity contribution >= 4 is 21.8 Å². The molecular formula is C12H13NO5S. The van der Waals surface area contributed by atoms with Gasteiger partial charge in [0.1, 0.15) is 11.8 Å². The maximum atomic E-state index is 12.3. The summed E-state index contributed by atoms with van der Waals surface area (Å²) in [5.74, 6) is -1.69. The summed E-state index contributed by atoms with van der Waals surface area (Å²) in [6.45, 7) is 1.43. The number of ketones is 1. The molecule has 1 aromatic carbocycles. The number of rotatable bonds is 3. The molecule has 0 aromatic heterocycles. The first kappa shape index (κ1) is 13.7. The highest BCUT2D eigenvalue weighted by atomic mass is 32.2. The minimum Gasteiger partial charge on any atom is -0.480 e. The monoisotopic (exact) mass is 283 g/mol. The van der Waals surface area contributed by atoms with Crippen LogP contribution >= 0.6 is 0 Å². The lowest BCUT2D eigenvalue weighted by atomic mass is 10.2. The molecule has 19 heavy (non-hydrogen) atoms. The number of benzene rings is 1. The fourth-order valence-corrected chi connectivity index (χ4v) is 3.54. The smallest absolute Gasteiger partial charge is 0.322 e. The molecule has 1 unspecified atom stereocenters. The quantitative estimate of drug-likeness (QED) is 0.867. The Hall–Kier alpha value is -1.73. The van der Waals surface area contributed by atoms with Gasteiger partial charge in [0, 0.05) is 6.42 Å². The zero-order chi connectivity index (χ0) is 14.2. The maximum absolute atomic E-state index is 12.3. The maximum Gasteiger partial charge on any atom is 0.322 e. The second-order valence-electron chi connectivity index (χ2n) is 4.46. The summed E-state index contributed by atoms with van der Waals surface area (Å²) < 4.78 is 25.4. The predicted octanol–water partition coefficient (Wildman–Crippen LogP) is 0.412. The molecule has 0 saturated carbocycles. The summed E-state index contributed by atoms with van der Waals surface area (Å²) in [4.78, 5) is 22.4. The van der Waals surface area contributed by atoms with Crippen LogP contribution in [0.1, 0.15) is 12.0 Å². The largest absolute Gasteiger partial charge is 0.480 e. The lowest BCUT2D eigenvalue weighted by Crippen LogP contribution is -2.40. The van der Waals surface area contributed by atoms with Crippen LogP contribution in [-0.4, -0.2) is 42.2 Å². The molecule has 1 aliphatic heterocycles. The van der Waals surface area contributed by atoms with Gasteiger partial charge in [0.25, 0.3) is 0 Å². The second kappa shape index (κ2) is 4.75. The molecule has 2 rings (SSSR count). The number of nitrogens with zero attached hydrogens (tertiary/aromatic N) is 1. The summed E-state index contributed by atoms with van der Waals surface area (Å²) in [7, 11) is -3.95. The molecule has 7 heteroatoms. The molecule has 0 spiro atoms. The van der Waals surface area contributed by atoms with Crippen LogP contribution < -0.4 is 0 Å². The van der Waals surface area contributed by atoms with E-state index in [1.807, 2.05) is 6.92 Å². The molecule has 0 bridgehead atoms. The molecule has 1 aliphatic rings. The SMILES string of the molecule is Cc1ccc(S(=O)(=O)N2CC(=O)CC2C(=O)O)cc1.